The van der Waals surface area contributed by atoms with Crippen molar-refractivity contribution in [1.82, 2.24) is 4.90 Å². The van der Waals surface area contributed by atoms with Crippen molar-refractivity contribution >= 4 is 23.6 Å². The van der Waals surface area contributed by atoms with Gasteiger partial charge >= 0.3 is 0 Å². The van der Waals surface area contributed by atoms with Gasteiger partial charge < -0.3 is 14.7 Å². The first-order chi connectivity index (χ1) is 9.04. The molecule has 0 bridgehead atoms. The van der Waals surface area contributed by atoms with Crippen molar-refractivity contribution in [2.75, 3.05) is 27.3 Å². The number of likely N-dealkylation sites (N-methyl/N-ethyl adjacent to an activating group) is 1. The molecule has 0 fully saturated rings. The summed E-state index contributed by atoms with van der Waals surface area (Å²) in [6.45, 7) is 0.422. The van der Waals surface area contributed by atoms with E-state index in [0.29, 0.717) is 5.02 Å². The third kappa shape index (κ3) is 5.42. The second-order valence-electron chi connectivity index (χ2n) is 4.18. The zero-order valence-corrected chi connectivity index (χ0v) is 11.8. The second kappa shape index (κ2) is 7.94. The quantitative estimate of drug-likeness (QED) is 0.810. The third-order valence-electron chi connectivity index (χ3n) is 2.53. The van der Waals surface area contributed by atoms with E-state index >= 15 is 0 Å². The summed E-state index contributed by atoms with van der Waals surface area (Å²) < 4.78 is 4.81. The minimum absolute atomic E-state index is 0.199. The van der Waals surface area contributed by atoms with Crippen LogP contribution >= 0.6 is 11.6 Å². The average Bonchev–Trinajstić information content (AvgIpc) is 2.37. The Kier molecular flexibility index (Phi) is 6.56. The van der Waals surface area contributed by atoms with Crippen LogP contribution in [0.25, 0.3) is 6.08 Å². The predicted octanol–water partition coefficient (Wildman–Crippen LogP) is 1.82. The summed E-state index contributed by atoms with van der Waals surface area (Å²) in [4.78, 5) is 13.2. The normalized spacial score (nSPS) is 12.6. The van der Waals surface area contributed by atoms with Gasteiger partial charge in [0.25, 0.3) is 0 Å². The number of hydrogen-bond donors (Lipinski definition) is 1. The van der Waals surface area contributed by atoms with Crippen molar-refractivity contribution in [1.29, 1.82) is 0 Å². The summed E-state index contributed by atoms with van der Waals surface area (Å²) in [5.41, 5.74) is 0.781. The molecule has 0 heterocycles. The fourth-order valence-corrected chi connectivity index (χ4v) is 1.75. The van der Waals surface area contributed by atoms with E-state index in [1.165, 1.54) is 18.1 Å². The van der Waals surface area contributed by atoms with Gasteiger partial charge in [0, 0.05) is 31.8 Å². The van der Waals surface area contributed by atoms with Crippen molar-refractivity contribution < 1.29 is 14.6 Å². The Balaban J connectivity index is 2.57. The van der Waals surface area contributed by atoms with Gasteiger partial charge in [-0.15, -0.1) is 0 Å². The van der Waals surface area contributed by atoms with E-state index in [-0.39, 0.29) is 19.1 Å². The van der Waals surface area contributed by atoms with Crippen molar-refractivity contribution in [2.24, 2.45) is 0 Å². The standard InChI is InChI=1S/C14H18ClNO3/c1-16(9-12(17)10-19-2)14(18)8-7-11-5-3-4-6-13(11)15/h3-8,12,17H,9-10H2,1-2H3. The molecular formula is C14H18ClNO3. The number of aliphatic hydroxyl groups is 1. The number of rotatable bonds is 6. The fraction of sp³-hybridized carbons (Fsp3) is 0.357. The Morgan fingerprint density at radius 1 is 1.53 bits per heavy atom. The molecular weight excluding hydrogens is 266 g/mol. The Morgan fingerprint density at radius 3 is 2.84 bits per heavy atom. The Morgan fingerprint density at radius 2 is 2.21 bits per heavy atom. The largest absolute Gasteiger partial charge is 0.389 e. The average molecular weight is 284 g/mol. The first-order valence-electron chi connectivity index (χ1n) is 5.89. The zero-order valence-electron chi connectivity index (χ0n) is 11.0. The molecule has 0 aliphatic carbocycles. The van der Waals surface area contributed by atoms with Crippen molar-refractivity contribution in [3.63, 3.8) is 0 Å². The molecule has 19 heavy (non-hydrogen) atoms. The number of amides is 1. The van der Waals surface area contributed by atoms with Gasteiger partial charge in [0.05, 0.1) is 12.7 Å². The molecule has 1 unspecified atom stereocenters. The molecule has 1 atom stereocenters. The lowest BCUT2D eigenvalue weighted by Crippen LogP contribution is -2.35. The maximum absolute atomic E-state index is 11.8. The molecule has 5 heteroatoms. The minimum atomic E-state index is -0.687. The number of benzene rings is 1. The van der Waals surface area contributed by atoms with Crippen LogP contribution in [0.5, 0.6) is 0 Å². The van der Waals surface area contributed by atoms with Gasteiger partial charge in [0.15, 0.2) is 0 Å². The number of aliphatic hydroxyl groups excluding tert-OH is 1. The van der Waals surface area contributed by atoms with Gasteiger partial charge in [-0.25, -0.2) is 0 Å². The topological polar surface area (TPSA) is 49.8 Å². The molecule has 0 aromatic heterocycles. The van der Waals surface area contributed by atoms with Crippen LogP contribution in [0.4, 0.5) is 0 Å². The van der Waals surface area contributed by atoms with Gasteiger partial charge in [-0.2, -0.15) is 0 Å². The lowest BCUT2D eigenvalue weighted by molar-refractivity contribution is -0.126. The maximum atomic E-state index is 11.8. The highest BCUT2D eigenvalue weighted by atomic mass is 35.5. The van der Waals surface area contributed by atoms with E-state index in [2.05, 4.69) is 0 Å². The number of carbonyl (C=O) groups is 1. The number of hydrogen-bond acceptors (Lipinski definition) is 3. The number of methoxy groups -OCH3 is 1. The number of halogens is 1. The summed E-state index contributed by atoms with van der Waals surface area (Å²) >= 11 is 5.98. The van der Waals surface area contributed by atoms with Crippen LogP contribution in [0.1, 0.15) is 5.56 Å². The SMILES string of the molecule is COCC(O)CN(C)C(=O)C=Cc1ccccc1Cl. The number of nitrogens with zero attached hydrogens (tertiary/aromatic N) is 1. The van der Waals surface area contributed by atoms with E-state index in [9.17, 15) is 9.90 Å². The lowest BCUT2D eigenvalue weighted by atomic mass is 10.2. The molecule has 0 saturated carbocycles. The first kappa shape index (κ1) is 15.7. The fourth-order valence-electron chi connectivity index (χ4n) is 1.55. The molecule has 0 aliphatic heterocycles. The first-order valence-corrected chi connectivity index (χ1v) is 6.27. The number of ether oxygens (including phenoxy) is 1. The zero-order chi connectivity index (χ0) is 14.3. The van der Waals surface area contributed by atoms with Crippen molar-refractivity contribution in [3.05, 3.63) is 40.9 Å². The van der Waals surface area contributed by atoms with Crippen LogP contribution < -0.4 is 0 Å². The van der Waals surface area contributed by atoms with Gasteiger partial charge in [-0.05, 0) is 17.7 Å². The van der Waals surface area contributed by atoms with E-state index in [1.807, 2.05) is 18.2 Å². The highest BCUT2D eigenvalue weighted by Gasteiger charge is 2.11. The predicted molar refractivity (Wildman–Crippen MR) is 76.0 cm³/mol. The van der Waals surface area contributed by atoms with Crippen molar-refractivity contribution in [2.45, 2.75) is 6.10 Å². The summed E-state index contributed by atoms with van der Waals surface area (Å²) in [5, 5.41) is 10.1. The van der Waals surface area contributed by atoms with E-state index in [0.717, 1.165) is 5.56 Å². The molecule has 1 aromatic carbocycles. The number of carbonyl (C=O) groups excluding carboxylic acids is 1. The van der Waals surface area contributed by atoms with Crippen molar-refractivity contribution in [3.8, 4) is 0 Å². The van der Waals surface area contributed by atoms with Gasteiger partial charge in [-0.1, -0.05) is 29.8 Å². The molecule has 0 radical (unpaired) electrons. The highest BCUT2D eigenvalue weighted by molar-refractivity contribution is 6.32. The lowest BCUT2D eigenvalue weighted by Gasteiger charge is -2.18. The van der Waals surface area contributed by atoms with Gasteiger partial charge in [-0.3, -0.25) is 4.79 Å². The van der Waals surface area contributed by atoms with E-state index < -0.39 is 6.10 Å². The van der Waals surface area contributed by atoms with Crippen LogP contribution in [0, 0.1) is 0 Å². The highest BCUT2D eigenvalue weighted by Crippen LogP contribution is 2.16. The van der Waals surface area contributed by atoms with Crippen LogP contribution in [0.3, 0.4) is 0 Å². The molecule has 1 rings (SSSR count). The van der Waals surface area contributed by atoms with Crippen LogP contribution in [0.2, 0.25) is 5.02 Å². The summed E-state index contributed by atoms with van der Waals surface area (Å²) in [7, 11) is 3.13. The second-order valence-corrected chi connectivity index (χ2v) is 4.59. The molecule has 104 valence electrons. The Hall–Kier alpha value is -1.36. The summed E-state index contributed by atoms with van der Waals surface area (Å²) in [5.74, 6) is -0.199. The Bertz CT molecular complexity index is 448. The molecule has 1 amide bonds. The van der Waals surface area contributed by atoms with E-state index in [4.69, 9.17) is 16.3 Å². The summed E-state index contributed by atoms with van der Waals surface area (Å²) in [6.07, 6.45) is 2.40. The Labute approximate surface area is 118 Å². The van der Waals surface area contributed by atoms with Crippen LogP contribution in [-0.2, 0) is 9.53 Å². The van der Waals surface area contributed by atoms with Gasteiger partial charge in [0.1, 0.15) is 0 Å². The van der Waals surface area contributed by atoms with Gasteiger partial charge in [0.2, 0.25) is 5.91 Å². The smallest absolute Gasteiger partial charge is 0.246 e. The molecule has 1 N–H and O–H groups in total. The maximum Gasteiger partial charge on any atom is 0.246 e. The van der Waals surface area contributed by atoms with Crippen LogP contribution in [-0.4, -0.2) is 49.3 Å². The summed E-state index contributed by atoms with van der Waals surface area (Å²) in [6, 6.07) is 7.26. The minimum Gasteiger partial charge on any atom is -0.389 e. The molecule has 0 spiro atoms. The molecule has 1 aromatic rings. The monoisotopic (exact) mass is 283 g/mol. The molecule has 0 saturated heterocycles. The van der Waals surface area contributed by atoms with Crippen LogP contribution in [0.15, 0.2) is 30.3 Å². The molecule has 0 aliphatic rings. The molecule has 4 nitrogen and oxygen atoms in total. The third-order valence-corrected chi connectivity index (χ3v) is 2.87. The van der Waals surface area contributed by atoms with E-state index in [1.54, 1.807) is 19.2 Å².